The number of nitrogen functional groups attached to an aromatic ring is 1. The van der Waals surface area contributed by atoms with Crippen molar-refractivity contribution in [1.29, 1.82) is 0 Å². The van der Waals surface area contributed by atoms with Crippen molar-refractivity contribution >= 4 is 27.6 Å². The van der Waals surface area contributed by atoms with Gasteiger partial charge in [-0.3, -0.25) is 4.98 Å². The summed E-state index contributed by atoms with van der Waals surface area (Å²) < 4.78 is 13.2. The van der Waals surface area contributed by atoms with E-state index in [-0.39, 0.29) is 5.69 Å². The second-order valence-electron chi connectivity index (χ2n) is 4.88. The molecule has 0 spiro atoms. The molecule has 3 N–H and O–H groups in total. The highest BCUT2D eigenvalue weighted by Crippen LogP contribution is 2.27. The zero-order valence-corrected chi connectivity index (χ0v) is 11.0. The van der Waals surface area contributed by atoms with Crippen LogP contribution in [0.3, 0.4) is 0 Å². The molecule has 0 saturated carbocycles. The molecule has 102 valence electrons. The number of nitrogens with two attached hydrogens (primary N) is 1. The molecule has 21 heavy (non-hydrogen) atoms. The molecule has 4 aromatic rings. The number of aromatic nitrogens is 3. The summed E-state index contributed by atoms with van der Waals surface area (Å²) in [4.78, 5) is 12.0. The maximum absolute atomic E-state index is 13.2. The minimum atomic E-state index is -0.420. The first-order chi connectivity index (χ1) is 10.2. The van der Waals surface area contributed by atoms with E-state index in [1.807, 2.05) is 24.4 Å². The number of rotatable bonds is 1. The Kier molecular flexibility index (Phi) is 2.41. The Bertz CT molecular complexity index is 975. The lowest BCUT2D eigenvalue weighted by atomic mass is 10.1. The second kappa shape index (κ2) is 4.28. The Hall–Kier alpha value is -2.95. The first-order valence-electron chi connectivity index (χ1n) is 6.50. The Balaban J connectivity index is 1.94. The number of benzene rings is 1. The first-order valence-corrected chi connectivity index (χ1v) is 6.50. The van der Waals surface area contributed by atoms with Crippen molar-refractivity contribution in [2.24, 2.45) is 0 Å². The van der Waals surface area contributed by atoms with Crippen LogP contribution in [0.1, 0.15) is 0 Å². The van der Waals surface area contributed by atoms with E-state index < -0.39 is 5.82 Å². The SMILES string of the molecule is Nc1cc(-c2ccc3c(n2)[nH]c2ccncc23)ccc1[18F]. The van der Waals surface area contributed by atoms with Crippen LogP contribution >= 0.6 is 0 Å². The molecule has 5 heteroatoms. The van der Waals surface area contributed by atoms with Gasteiger partial charge < -0.3 is 10.7 Å². The van der Waals surface area contributed by atoms with Crippen LogP contribution in [0.25, 0.3) is 33.2 Å². The summed E-state index contributed by atoms with van der Waals surface area (Å²) in [5, 5.41) is 2.04. The minimum Gasteiger partial charge on any atom is -0.396 e. The highest BCUT2D eigenvalue weighted by atomic mass is 18.2. The van der Waals surface area contributed by atoms with Crippen molar-refractivity contribution in [3.8, 4) is 11.3 Å². The van der Waals surface area contributed by atoms with E-state index in [0.717, 1.165) is 33.2 Å². The van der Waals surface area contributed by atoms with Gasteiger partial charge in [0.15, 0.2) is 0 Å². The molecule has 0 aliphatic rings. The quantitative estimate of drug-likeness (QED) is 0.523. The topological polar surface area (TPSA) is 67.6 Å². The number of nitrogens with zero attached hydrogens (tertiary/aromatic N) is 2. The first kappa shape index (κ1) is 11.8. The van der Waals surface area contributed by atoms with Gasteiger partial charge in [-0.25, -0.2) is 9.37 Å². The van der Waals surface area contributed by atoms with Crippen LogP contribution in [0.5, 0.6) is 0 Å². The van der Waals surface area contributed by atoms with Crippen LogP contribution in [0.2, 0.25) is 0 Å². The summed E-state index contributed by atoms with van der Waals surface area (Å²) in [6, 6.07) is 10.4. The smallest absolute Gasteiger partial charge is 0.146 e. The molecule has 0 atom stereocenters. The van der Waals surface area contributed by atoms with Crippen molar-refractivity contribution in [2.75, 3.05) is 5.73 Å². The summed E-state index contributed by atoms with van der Waals surface area (Å²) in [7, 11) is 0. The molecular formula is C16H11FN4. The predicted molar refractivity (Wildman–Crippen MR) is 81.2 cm³/mol. The summed E-state index contributed by atoms with van der Waals surface area (Å²) in [6.45, 7) is 0. The Morgan fingerprint density at radius 3 is 2.81 bits per heavy atom. The van der Waals surface area contributed by atoms with Crippen molar-refractivity contribution < 1.29 is 4.39 Å². The van der Waals surface area contributed by atoms with E-state index in [4.69, 9.17) is 5.73 Å². The Labute approximate surface area is 119 Å². The van der Waals surface area contributed by atoms with E-state index >= 15 is 0 Å². The maximum Gasteiger partial charge on any atom is 0.146 e. The lowest BCUT2D eigenvalue weighted by Gasteiger charge is -2.03. The number of hydrogen-bond acceptors (Lipinski definition) is 3. The zero-order chi connectivity index (χ0) is 14.4. The molecule has 0 unspecified atom stereocenters. The van der Waals surface area contributed by atoms with E-state index in [2.05, 4.69) is 15.0 Å². The third kappa shape index (κ3) is 1.82. The van der Waals surface area contributed by atoms with Gasteiger partial charge in [0.05, 0.1) is 16.9 Å². The number of aromatic amines is 1. The number of hydrogen-bond donors (Lipinski definition) is 2. The molecule has 0 aliphatic carbocycles. The summed E-state index contributed by atoms with van der Waals surface area (Å²) >= 11 is 0. The van der Waals surface area contributed by atoms with E-state index in [9.17, 15) is 4.39 Å². The molecule has 3 heterocycles. The Morgan fingerprint density at radius 1 is 1.05 bits per heavy atom. The van der Waals surface area contributed by atoms with E-state index in [1.165, 1.54) is 6.07 Å². The summed E-state index contributed by atoms with van der Waals surface area (Å²) in [6.07, 6.45) is 3.55. The number of fused-ring (bicyclic) bond motifs is 3. The van der Waals surface area contributed by atoms with Gasteiger partial charge in [0, 0.05) is 28.7 Å². The number of halogens is 1. The average Bonchev–Trinajstić information content (AvgIpc) is 2.87. The predicted octanol–water partition coefficient (Wildman–Crippen LogP) is 3.50. The normalized spacial score (nSPS) is 11.3. The Morgan fingerprint density at radius 2 is 1.95 bits per heavy atom. The van der Waals surface area contributed by atoms with E-state index in [1.54, 1.807) is 18.3 Å². The van der Waals surface area contributed by atoms with Crippen LogP contribution in [-0.2, 0) is 0 Å². The molecule has 0 fully saturated rings. The van der Waals surface area contributed by atoms with Crippen molar-refractivity contribution in [3.63, 3.8) is 0 Å². The third-order valence-corrected chi connectivity index (χ3v) is 3.55. The second-order valence-corrected chi connectivity index (χ2v) is 4.88. The van der Waals surface area contributed by atoms with Crippen LogP contribution in [0.15, 0.2) is 48.8 Å². The number of anilines is 1. The largest absolute Gasteiger partial charge is 0.396 e. The van der Waals surface area contributed by atoms with Gasteiger partial charge in [0.1, 0.15) is 11.5 Å². The van der Waals surface area contributed by atoms with Crippen molar-refractivity contribution in [3.05, 3.63) is 54.6 Å². The molecule has 1 aromatic carbocycles. The zero-order valence-electron chi connectivity index (χ0n) is 11.0. The molecule has 0 aliphatic heterocycles. The van der Waals surface area contributed by atoms with Gasteiger partial charge in [-0.1, -0.05) is 0 Å². The summed E-state index contributed by atoms with van der Waals surface area (Å²) in [5.41, 5.74) is 9.03. The highest BCUT2D eigenvalue weighted by Gasteiger charge is 2.08. The molecule has 0 radical (unpaired) electrons. The molecule has 4 nitrogen and oxygen atoms in total. The fraction of sp³-hybridized carbons (Fsp3) is 0. The number of nitrogens with one attached hydrogen (secondary N) is 1. The lowest BCUT2D eigenvalue weighted by molar-refractivity contribution is 0.632. The van der Waals surface area contributed by atoms with Gasteiger partial charge in [-0.2, -0.15) is 0 Å². The molecule has 0 amide bonds. The van der Waals surface area contributed by atoms with Crippen LogP contribution in [-0.4, -0.2) is 15.0 Å². The number of pyridine rings is 2. The number of H-pyrrole nitrogens is 1. The third-order valence-electron chi connectivity index (χ3n) is 3.55. The molecule has 4 rings (SSSR count). The van der Waals surface area contributed by atoms with Gasteiger partial charge in [-0.05, 0) is 36.4 Å². The van der Waals surface area contributed by atoms with Crippen LogP contribution in [0, 0.1) is 5.82 Å². The fourth-order valence-electron chi connectivity index (χ4n) is 2.48. The highest BCUT2D eigenvalue weighted by molar-refractivity contribution is 6.05. The van der Waals surface area contributed by atoms with E-state index in [0.29, 0.717) is 0 Å². The lowest BCUT2D eigenvalue weighted by Crippen LogP contribution is -1.92. The monoisotopic (exact) mass is 277 g/mol. The average molecular weight is 277 g/mol. The molecular weight excluding hydrogens is 266 g/mol. The van der Waals surface area contributed by atoms with Crippen LogP contribution < -0.4 is 5.73 Å². The van der Waals surface area contributed by atoms with Crippen LogP contribution in [0.4, 0.5) is 10.1 Å². The van der Waals surface area contributed by atoms with Gasteiger partial charge in [-0.15, -0.1) is 0 Å². The summed E-state index contributed by atoms with van der Waals surface area (Å²) in [5.74, 6) is -0.420. The molecule has 0 bridgehead atoms. The van der Waals surface area contributed by atoms with Crippen molar-refractivity contribution in [2.45, 2.75) is 0 Å². The molecule has 0 saturated heterocycles. The van der Waals surface area contributed by atoms with Gasteiger partial charge in [0.25, 0.3) is 0 Å². The fourth-order valence-corrected chi connectivity index (χ4v) is 2.48. The van der Waals surface area contributed by atoms with Gasteiger partial charge >= 0.3 is 0 Å². The maximum atomic E-state index is 13.2. The minimum absolute atomic E-state index is 0.121. The van der Waals surface area contributed by atoms with Crippen molar-refractivity contribution in [1.82, 2.24) is 15.0 Å². The molecule has 3 aromatic heterocycles. The standard InChI is InChI=1S/C16H11FN4/c17-12-3-1-9(7-13(12)18)14-4-2-10-11-8-19-6-5-15(11)21-16(10)20-14/h1-8H,18H2,(H,20,21)/i17-1. The van der Waals surface area contributed by atoms with Gasteiger partial charge in [0.2, 0.25) is 0 Å².